The number of hydrogen-bond acceptors (Lipinski definition) is 5. The number of nitrogens with zero attached hydrogens (tertiary/aromatic N) is 2. The third kappa shape index (κ3) is 4.63. The predicted octanol–water partition coefficient (Wildman–Crippen LogP) is 2.58. The van der Waals surface area contributed by atoms with E-state index < -0.39 is 17.2 Å². The summed E-state index contributed by atoms with van der Waals surface area (Å²) in [4.78, 5) is 38.2. The monoisotopic (exact) mass is 412 g/mol. The molecule has 1 aliphatic heterocycles. The van der Waals surface area contributed by atoms with Crippen molar-refractivity contribution in [3.8, 4) is 0 Å². The van der Waals surface area contributed by atoms with Crippen molar-refractivity contribution in [3.05, 3.63) is 68.5 Å². The molecule has 0 bridgehead atoms. The lowest BCUT2D eigenvalue weighted by Gasteiger charge is -2.22. The van der Waals surface area contributed by atoms with Crippen LogP contribution in [0.3, 0.4) is 0 Å². The van der Waals surface area contributed by atoms with Gasteiger partial charge in [-0.25, -0.2) is 4.79 Å². The van der Waals surface area contributed by atoms with Gasteiger partial charge in [0, 0.05) is 30.5 Å². The number of aryl methyl sites for hydroxylation is 1. The second-order valence-corrected chi connectivity index (χ2v) is 8.27. The van der Waals surface area contributed by atoms with Gasteiger partial charge in [0.25, 0.3) is 11.5 Å². The number of benzene rings is 1. The highest BCUT2D eigenvalue weighted by Crippen LogP contribution is 2.42. The zero-order valence-corrected chi connectivity index (χ0v) is 17.3. The van der Waals surface area contributed by atoms with Crippen LogP contribution in [0.5, 0.6) is 0 Å². The van der Waals surface area contributed by atoms with E-state index >= 15 is 0 Å². The van der Waals surface area contributed by atoms with E-state index in [9.17, 15) is 14.4 Å². The Balaban J connectivity index is 1.40. The molecule has 3 atom stereocenters. The molecule has 2 aliphatic rings. The van der Waals surface area contributed by atoms with Crippen LogP contribution in [0.15, 0.2) is 46.1 Å². The Hall–Kier alpha value is -2.51. The molecule has 7 heteroatoms. The SMILES string of the molecule is Cc1cn(C[C@@H]2C[C@H]2CCOC2CCCCO2)c(=O)n(C(=O)c2ccccc2)c1=O. The molecule has 1 saturated heterocycles. The van der Waals surface area contributed by atoms with Crippen LogP contribution in [0, 0.1) is 18.8 Å². The molecule has 4 rings (SSSR count). The smallest absolute Gasteiger partial charge is 0.338 e. The highest BCUT2D eigenvalue weighted by atomic mass is 16.7. The highest BCUT2D eigenvalue weighted by Gasteiger charge is 2.37. The maximum atomic E-state index is 12.9. The molecular weight excluding hydrogens is 384 g/mol. The van der Waals surface area contributed by atoms with Gasteiger partial charge in [-0.1, -0.05) is 18.2 Å². The van der Waals surface area contributed by atoms with Crippen molar-refractivity contribution in [2.24, 2.45) is 11.8 Å². The molecule has 0 N–H and O–H groups in total. The Morgan fingerprint density at radius 1 is 1.17 bits per heavy atom. The Kier molecular flexibility index (Phi) is 6.29. The summed E-state index contributed by atoms with van der Waals surface area (Å²) in [5.74, 6) is 0.262. The number of carbonyl (C=O) groups excluding carboxylic acids is 1. The molecule has 7 nitrogen and oxygen atoms in total. The van der Waals surface area contributed by atoms with Crippen molar-refractivity contribution in [2.75, 3.05) is 13.2 Å². The maximum absolute atomic E-state index is 12.9. The van der Waals surface area contributed by atoms with Crippen LogP contribution in [-0.4, -0.2) is 34.5 Å². The molecule has 2 heterocycles. The second-order valence-electron chi connectivity index (χ2n) is 8.27. The molecule has 2 aromatic rings. The molecule has 0 amide bonds. The fourth-order valence-electron chi connectivity index (χ4n) is 4.09. The molecule has 30 heavy (non-hydrogen) atoms. The van der Waals surface area contributed by atoms with Crippen LogP contribution in [-0.2, 0) is 16.0 Å². The van der Waals surface area contributed by atoms with Crippen molar-refractivity contribution in [3.63, 3.8) is 0 Å². The minimum atomic E-state index is -0.587. The third-order valence-corrected chi connectivity index (χ3v) is 5.98. The average Bonchev–Trinajstić information content (AvgIpc) is 3.51. The van der Waals surface area contributed by atoms with Gasteiger partial charge in [-0.3, -0.25) is 14.2 Å². The van der Waals surface area contributed by atoms with Crippen molar-refractivity contribution in [2.45, 2.75) is 51.9 Å². The summed E-state index contributed by atoms with van der Waals surface area (Å²) in [5, 5.41) is 0. The van der Waals surface area contributed by atoms with Crippen LogP contribution in [0.2, 0.25) is 0 Å². The summed E-state index contributed by atoms with van der Waals surface area (Å²) in [6, 6.07) is 8.41. The van der Waals surface area contributed by atoms with E-state index in [1.165, 1.54) is 4.57 Å². The number of hydrogen-bond donors (Lipinski definition) is 0. The molecule has 2 fully saturated rings. The molecule has 1 unspecified atom stereocenters. The topological polar surface area (TPSA) is 79.5 Å². The van der Waals surface area contributed by atoms with E-state index in [0.717, 1.165) is 43.3 Å². The summed E-state index contributed by atoms with van der Waals surface area (Å²) in [5.41, 5.74) is -0.426. The summed E-state index contributed by atoms with van der Waals surface area (Å²) in [6.45, 7) is 3.57. The number of carbonyl (C=O) groups is 1. The second kappa shape index (κ2) is 9.10. The van der Waals surface area contributed by atoms with E-state index in [1.807, 2.05) is 0 Å². The van der Waals surface area contributed by atoms with Gasteiger partial charge in [0.2, 0.25) is 0 Å². The van der Waals surface area contributed by atoms with E-state index in [1.54, 1.807) is 43.5 Å². The first-order valence-corrected chi connectivity index (χ1v) is 10.7. The summed E-state index contributed by atoms with van der Waals surface area (Å²) >= 11 is 0. The zero-order chi connectivity index (χ0) is 21.1. The van der Waals surface area contributed by atoms with Crippen molar-refractivity contribution in [1.29, 1.82) is 0 Å². The predicted molar refractivity (Wildman–Crippen MR) is 112 cm³/mol. The summed E-state index contributed by atoms with van der Waals surface area (Å²) in [7, 11) is 0. The Morgan fingerprint density at radius 2 is 1.97 bits per heavy atom. The maximum Gasteiger partial charge on any atom is 0.338 e. The Bertz CT molecular complexity index is 1000. The van der Waals surface area contributed by atoms with Crippen molar-refractivity contribution < 1.29 is 14.3 Å². The number of aromatic nitrogens is 2. The number of ether oxygens (including phenoxy) is 2. The first kappa shape index (κ1) is 20.8. The van der Waals surface area contributed by atoms with E-state index in [4.69, 9.17) is 9.47 Å². The average molecular weight is 412 g/mol. The van der Waals surface area contributed by atoms with Gasteiger partial charge < -0.3 is 9.47 Å². The molecule has 0 radical (unpaired) electrons. The van der Waals surface area contributed by atoms with E-state index in [0.29, 0.717) is 36.1 Å². The van der Waals surface area contributed by atoms with Gasteiger partial charge in [0.1, 0.15) is 0 Å². The van der Waals surface area contributed by atoms with Crippen LogP contribution < -0.4 is 11.2 Å². The third-order valence-electron chi connectivity index (χ3n) is 5.98. The number of rotatable bonds is 7. The molecule has 0 spiro atoms. The van der Waals surface area contributed by atoms with Crippen molar-refractivity contribution >= 4 is 5.91 Å². The van der Waals surface area contributed by atoms with Gasteiger partial charge >= 0.3 is 5.69 Å². The van der Waals surface area contributed by atoms with Gasteiger partial charge in [-0.05, 0) is 63.0 Å². The van der Waals surface area contributed by atoms with Gasteiger partial charge in [0.15, 0.2) is 6.29 Å². The van der Waals surface area contributed by atoms with Gasteiger partial charge in [0.05, 0.1) is 6.61 Å². The summed E-state index contributed by atoms with van der Waals surface area (Å²) < 4.78 is 13.7. The Labute approximate surface area is 175 Å². The minimum absolute atomic E-state index is 0.0752. The van der Waals surface area contributed by atoms with Crippen LogP contribution >= 0.6 is 0 Å². The molecule has 1 aromatic heterocycles. The quantitative estimate of drug-likeness (QED) is 0.698. The molecule has 1 aliphatic carbocycles. The van der Waals surface area contributed by atoms with E-state index in [2.05, 4.69) is 0 Å². The molecule has 1 aromatic carbocycles. The van der Waals surface area contributed by atoms with Gasteiger partial charge in [-0.15, -0.1) is 0 Å². The van der Waals surface area contributed by atoms with Crippen LogP contribution in [0.25, 0.3) is 0 Å². The van der Waals surface area contributed by atoms with Crippen LogP contribution in [0.4, 0.5) is 0 Å². The fourth-order valence-corrected chi connectivity index (χ4v) is 4.09. The molecular formula is C23H28N2O5. The molecule has 1 saturated carbocycles. The lowest BCUT2D eigenvalue weighted by atomic mass is 10.2. The van der Waals surface area contributed by atoms with E-state index in [-0.39, 0.29) is 6.29 Å². The fraction of sp³-hybridized carbons (Fsp3) is 0.522. The first-order chi connectivity index (χ1) is 14.5. The minimum Gasteiger partial charge on any atom is -0.353 e. The van der Waals surface area contributed by atoms with Crippen molar-refractivity contribution in [1.82, 2.24) is 9.13 Å². The largest absolute Gasteiger partial charge is 0.353 e. The Morgan fingerprint density at radius 3 is 2.70 bits per heavy atom. The molecule has 160 valence electrons. The summed E-state index contributed by atoms with van der Waals surface area (Å²) in [6.07, 6.45) is 6.66. The highest BCUT2D eigenvalue weighted by molar-refractivity contribution is 5.95. The van der Waals surface area contributed by atoms with Gasteiger partial charge in [-0.2, -0.15) is 4.57 Å². The zero-order valence-electron chi connectivity index (χ0n) is 17.3. The normalized spacial score (nSPS) is 23.3. The lowest BCUT2D eigenvalue weighted by molar-refractivity contribution is -0.163. The first-order valence-electron chi connectivity index (χ1n) is 10.7. The van der Waals surface area contributed by atoms with Crippen LogP contribution in [0.1, 0.15) is 48.0 Å². The standard InChI is InChI=1S/C23H28N2O5/c1-16-14-24(15-19-13-18(19)10-12-30-20-9-5-6-11-29-20)23(28)25(21(16)26)22(27)17-7-3-2-4-8-17/h2-4,7-8,14,18-20H,5-6,9-13,15H2,1H3/t18-,19+,20?/m1/s1. The lowest BCUT2D eigenvalue weighted by Crippen LogP contribution is -2.44.